The van der Waals surface area contributed by atoms with Crippen LogP contribution in [0.3, 0.4) is 0 Å². The van der Waals surface area contributed by atoms with Crippen LogP contribution in [-0.4, -0.2) is 47.5 Å². The third-order valence-corrected chi connectivity index (χ3v) is 7.19. The molecular formula is C29H30N4O2. The highest BCUT2D eigenvalue weighted by atomic mass is 16.4. The van der Waals surface area contributed by atoms with Crippen LogP contribution in [0.4, 0.5) is 6.01 Å². The standard InChI is InChI=1S/C29H30N4O2/c34-28(25-16-9-10-18-33(25)29-31-24-15-7-8-17-26(24)35-29)30-23-19-32(20-23)27(21-11-3-1-4-12-21)22-13-5-2-6-14-22/h1-8,11-15,17,23,25,27H,9-10,16,18-20H2,(H,30,34). The predicted molar refractivity (Wildman–Crippen MR) is 137 cm³/mol. The number of benzene rings is 3. The van der Waals surface area contributed by atoms with Crippen molar-refractivity contribution >= 4 is 23.0 Å². The minimum absolute atomic E-state index is 0.0765. The van der Waals surface area contributed by atoms with Crippen LogP contribution in [0, 0.1) is 0 Å². The van der Waals surface area contributed by atoms with E-state index in [0.717, 1.165) is 50.0 Å². The fourth-order valence-electron chi connectivity index (χ4n) is 5.41. The summed E-state index contributed by atoms with van der Waals surface area (Å²) in [6.07, 6.45) is 2.89. The Bertz CT molecular complexity index is 1210. The maximum Gasteiger partial charge on any atom is 0.299 e. The minimum atomic E-state index is -0.245. The zero-order valence-corrected chi connectivity index (χ0v) is 19.7. The maximum atomic E-state index is 13.4. The molecule has 1 amide bonds. The van der Waals surface area contributed by atoms with Crippen LogP contribution < -0.4 is 10.2 Å². The largest absolute Gasteiger partial charge is 0.423 e. The fourth-order valence-corrected chi connectivity index (χ4v) is 5.41. The number of hydrogen-bond acceptors (Lipinski definition) is 5. The molecule has 2 aliphatic heterocycles. The van der Waals surface area contributed by atoms with Crippen molar-refractivity contribution in [3.63, 3.8) is 0 Å². The summed E-state index contributed by atoms with van der Waals surface area (Å²) in [5.74, 6) is 0.0765. The summed E-state index contributed by atoms with van der Waals surface area (Å²) in [5.41, 5.74) is 4.14. The Labute approximate surface area is 205 Å². The summed E-state index contributed by atoms with van der Waals surface area (Å²) in [4.78, 5) is 22.5. The summed E-state index contributed by atoms with van der Waals surface area (Å²) in [6, 6.07) is 29.6. The van der Waals surface area contributed by atoms with E-state index in [-0.39, 0.29) is 24.0 Å². The van der Waals surface area contributed by atoms with E-state index in [4.69, 9.17) is 4.42 Å². The number of para-hydroxylation sites is 2. The molecule has 6 rings (SSSR count). The van der Waals surface area contributed by atoms with Gasteiger partial charge in [-0.25, -0.2) is 0 Å². The van der Waals surface area contributed by atoms with Crippen molar-refractivity contribution in [3.8, 4) is 0 Å². The van der Waals surface area contributed by atoms with Gasteiger partial charge in [0.25, 0.3) is 6.01 Å². The van der Waals surface area contributed by atoms with E-state index in [1.165, 1.54) is 11.1 Å². The first-order chi connectivity index (χ1) is 17.3. The molecule has 35 heavy (non-hydrogen) atoms. The van der Waals surface area contributed by atoms with Crippen molar-refractivity contribution in [1.29, 1.82) is 0 Å². The predicted octanol–water partition coefficient (Wildman–Crippen LogP) is 4.78. The van der Waals surface area contributed by atoms with Gasteiger partial charge in [0, 0.05) is 19.6 Å². The molecule has 4 aromatic rings. The summed E-state index contributed by atoms with van der Waals surface area (Å²) in [6.45, 7) is 2.44. The number of amides is 1. The number of nitrogens with zero attached hydrogens (tertiary/aromatic N) is 3. The van der Waals surface area contributed by atoms with Gasteiger partial charge >= 0.3 is 0 Å². The van der Waals surface area contributed by atoms with Gasteiger partial charge in [-0.15, -0.1) is 0 Å². The van der Waals surface area contributed by atoms with Gasteiger partial charge < -0.3 is 14.6 Å². The summed E-state index contributed by atoms with van der Waals surface area (Å²) in [7, 11) is 0. The van der Waals surface area contributed by atoms with Crippen molar-refractivity contribution in [2.75, 3.05) is 24.5 Å². The lowest BCUT2D eigenvalue weighted by atomic mass is 9.93. The van der Waals surface area contributed by atoms with Gasteiger partial charge in [-0.05, 0) is 42.5 Å². The molecule has 1 unspecified atom stereocenters. The molecule has 3 heterocycles. The second kappa shape index (κ2) is 9.55. The number of rotatable bonds is 6. The molecule has 0 spiro atoms. The third-order valence-electron chi connectivity index (χ3n) is 7.19. The van der Waals surface area contributed by atoms with E-state index in [9.17, 15) is 4.79 Å². The fraction of sp³-hybridized carbons (Fsp3) is 0.310. The zero-order valence-electron chi connectivity index (χ0n) is 19.7. The molecule has 1 aromatic heterocycles. The molecule has 0 saturated carbocycles. The third kappa shape index (κ3) is 4.42. The molecule has 6 nitrogen and oxygen atoms in total. The molecular weight excluding hydrogens is 436 g/mol. The average Bonchev–Trinajstić information content (AvgIpc) is 3.33. The Hall–Kier alpha value is -3.64. The number of hydrogen-bond donors (Lipinski definition) is 1. The van der Waals surface area contributed by atoms with E-state index in [1.807, 2.05) is 29.2 Å². The van der Waals surface area contributed by atoms with Crippen LogP contribution >= 0.6 is 0 Å². The number of anilines is 1. The van der Waals surface area contributed by atoms with Crippen LogP contribution in [0.2, 0.25) is 0 Å². The zero-order chi connectivity index (χ0) is 23.6. The molecule has 2 fully saturated rings. The van der Waals surface area contributed by atoms with E-state index < -0.39 is 0 Å². The Kier molecular flexibility index (Phi) is 5.96. The lowest BCUT2D eigenvalue weighted by Gasteiger charge is -2.45. The molecule has 1 N–H and O–H groups in total. The first-order valence-electron chi connectivity index (χ1n) is 12.5. The first-order valence-corrected chi connectivity index (χ1v) is 12.5. The highest BCUT2D eigenvalue weighted by molar-refractivity contribution is 5.86. The first kappa shape index (κ1) is 21.9. The Morgan fingerprint density at radius 2 is 1.54 bits per heavy atom. The number of aromatic nitrogens is 1. The van der Waals surface area contributed by atoms with Crippen molar-refractivity contribution in [2.24, 2.45) is 0 Å². The van der Waals surface area contributed by atoms with Gasteiger partial charge in [0.1, 0.15) is 11.6 Å². The van der Waals surface area contributed by atoms with Crippen molar-refractivity contribution in [2.45, 2.75) is 37.4 Å². The summed E-state index contributed by atoms with van der Waals surface area (Å²) < 4.78 is 6.01. The Balaban J connectivity index is 1.14. The number of piperidine rings is 1. The minimum Gasteiger partial charge on any atom is -0.423 e. The number of nitrogens with one attached hydrogen (secondary N) is 1. The summed E-state index contributed by atoms with van der Waals surface area (Å²) in [5, 5.41) is 3.32. The molecule has 1 atom stereocenters. The summed E-state index contributed by atoms with van der Waals surface area (Å²) >= 11 is 0. The molecule has 0 radical (unpaired) electrons. The SMILES string of the molecule is O=C(NC1CN(C(c2ccccc2)c2ccccc2)C1)C1CCCCN1c1nc2ccccc2o1. The van der Waals surface area contributed by atoms with Crippen molar-refractivity contribution in [3.05, 3.63) is 96.1 Å². The van der Waals surface area contributed by atoms with Gasteiger partial charge in [0.05, 0.1) is 12.1 Å². The van der Waals surface area contributed by atoms with Crippen LogP contribution in [0.25, 0.3) is 11.1 Å². The van der Waals surface area contributed by atoms with E-state index >= 15 is 0 Å². The van der Waals surface area contributed by atoms with Gasteiger partial charge in [-0.3, -0.25) is 9.69 Å². The van der Waals surface area contributed by atoms with Gasteiger partial charge in [0.2, 0.25) is 5.91 Å². The number of oxazole rings is 1. The monoisotopic (exact) mass is 466 g/mol. The van der Waals surface area contributed by atoms with E-state index in [0.29, 0.717) is 6.01 Å². The smallest absolute Gasteiger partial charge is 0.299 e. The second-order valence-electron chi connectivity index (χ2n) is 9.55. The molecule has 6 heteroatoms. The number of carbonyl (C=O) groups is 1. The lowest BCUT2D eigenvalue weighted by Crippen LogP contribution is -2.63. The second-order valence-corrected chi connectivity index (χ2v) is 9.55. The molecule has 178 valence electrons. The van der Waals surface area contributed by atoms with Gasteiger partial charge in [-0.2, -0.15) is 4.98 Å². The quantitative estimate of drug-likeness (QED) is 0.443. The van der Waals surface area contributed by atoms with E-state index in [2.05, 4.69) is 75.9 Å². The number of likely N-dealkylation sites (tertiary alicyclic amines) is 1. The highest BCUT2D eigenvalue weighted by Crippen LogP contribution is 2.33. The van der Waals surface area contributed by atoms with Gasteiger partial charge in [0.15, 0.2) is 5.58 Å². The van der Waals surface area contributed by atoms with Crippen molar-refractivity contribution in [1.82, 2.24) is 15.2 Å². The molecule has 2 aliphatic rings. The van der Waals surface area contributed by atoms with Crippen LogP contribution in [0.1, 0.15) is 36.4 Å². The van der Waals surface area contributed by atoms with Gasteiger partial charge in [-0.1, -0.05) is 72.8 Å². The topological polar surface area (TPSA) is 61.6 Å². The highest BCUT2D eigenvalue weighted by Gasteiger charge is 2.38. The average molecular weight is 467 g/mol. The molecule has 2 saturated heterocycles. The van der Waals surface area contributed by atoms with Crippen molar-refractivity contribution < 1.29 is 9.21 Å². The molecule has 0 bridgehead atoms. The normalized spacial score (nSPS) is 19.1. The van der Waals surface area contributed by atoms with Crippen LogP contribution in [0.15, 0.2) is 89.3 Å². The van der Waals surface area contributed by atoms with E-state index in [1.54, 1.807) is 0 Å². The Morgan fingerprint density at radius 3 is 2.23 bits per heavy atom. The Morgan fingerprint density at radius 1 is 0.886 bits per heavy atom. The number of carbonyl (C=O) groups excluding carboxylic acids is 1. The van der Waals surface area contributed by atoms with Crippen LogP contribution in [-0.2, 0) is 4.79 Å². The lowest BCUT2D eigenvalue weighted by molar-refractivity contribution is -0.125. The molecule has 0 aliphatic carbocycles. The number of fused-ring (bicyclic) bond motifs is 1. The maximum absolute atomic E-state index is 13.4. The molecule has 3 aromatic carbocycles. The van der Waals surface area contributed by atoms with Crippen LogP contribution in [0.5, 0.6) is 0 Å².